The minimum Gasteiger partial charge on any atom is -0.492 e. The zero-order chi connectivity index (χ0) is 22.0. The van der Waals surface area contributed by atoms with Gasteiger partial charge < -0.3 is 19.7 Å². The van der Waals surface area contributed by atoms with E-state index in [9.17, 15) is 14.9 Å². The highest BCUT2D eigenvalue weighted by Crippen LogP contribution is 2.30. The lowest BCUT2D eigenvalue weighted by molar-refractivity contribution is 0.185. The van der Waals surface area contributed by atoms with Crippen molar-refractivity contribution in [2.45, 2.75) is 33.2 Å². The standard InChI is InChI=1S/C22H24N4O4/c1-12(7-13(2)25-22(28)29)11-30-19-9-18-17(8-15(19)10-23)16-5-6-24-14(3)20(16)21(27)26(18)4/h5-6,8-9,12-13,25H,7,11H2,1-4H3,(H,28,29). The van der Waals surface area contributed by atoms with Gasteiger partial charge >= 0.3 is 6.09 Å². The lowest BCUT2D eigenvalue weighted by atomic mass is 10.0. The second kappa shape index (κ2) is 8.41. The molecule has 0 saturated heterocycles. The van der Waals surface area contributed by atoms with Gasteiger partial charge in [-0.15, -0.1) is 0 Å². The van der Waals surface area contributed by atoms with E-state index in [0.29, 0.717) is 40.9 Å². The van der Waals surface area contributed by atoms with E-state index in [2.05, 4.69) is 16.4 Å². The Bertz CT molecular complexity index is 1230. The predicted octanol–water partition coefficient (Wildman–Crippen LogP) is 3.33. The summed E-state index contributed by atoms with van der Waals surface area (Å²) in [6, 6.07) is 7.21. The fourth-order valence-electron chi connectivity index (χ4n) is 3.78. The van der Waals surface area contributed by atoms with E-state index in [-0.39, 0.29) is 17.5 Å². The molecule has 156 valence electrons. The number of nitrogens with zero attached hydrogens (tertiary/aromatic N) is 3. The summed E-state index contributed by atoms with van der Waals surface area (Å²) in [5.41, 5.74) is 1.54. The Morgan fingerprint density at radius 1 is 1.37 bits per heavy atom. The average Bonchev–Trinajstić information content (AvgIpc) is 2.69. The molecule has 8 heteroatoms. The van der Waals surface area contributed by atoms with Gasteiger partial charge in [-0.2, -0.15) is 5.26 Å². The number of amides is 1. The first-order valence-corrected chi connectivity index (χ1v) is 9.67. The number of rotatable bonds is 6. The van der Waals surface area contributed by atoms with Crippen LogP contribution in [0.5, 0.6) is 5.75 Å². The fraction of sp³-hybridized carbons (Fsp3) is 0.364. The molecule has 0 fully saturated rings. The van der Waals surface area contributed by atoms with Crippen molar-refractivity contribution in [2.24, 2.45) is 13.0 Å². The number of benzene rings is 1. The fourth-order valence-corrected chi connectivity index (χ4v) is 3.78. The molecule has 2 aromatic heterocycles. The summed E-state index contributed by atoms with van der Waals surface area (Å²) in [6.45, 7) is 5.85. The monoisotopic (exact) mass is 408 g/mol. The predicted molar refractivity (Wildman–Crippen MR) is 114 cm³/mol. The lowest BCUT2D eigenvalue weighted by Gasteiger charge is -2.19. The van der Waals surface area contributed by atoms with Crippen molar-refractivity contribution in [2.75, 3.05) is 6.61 Å². The van der Waals surface area contributed by atoms with Crippen LogP contribution < -0.4 is 15.6 Å². The maximum absolute atomic E-state index is 12.9. The van der Waals surface area contributed by atoms with E-state index >= 15 is 0 Å². The Morgan fingerprint density at radius 3 is 2.77 bits per heavy atom. The molecule has 2 atom stereocenters. The van der Waals surface area contributed by atoms with Crippen LogP contribution in [0.4, 0.5) is 4.79 Å². The SMILES string of the molecule is Cc1nccc2c1c(=O)n(C)c1cc(OCC(C)CC(C)NC(=O)O)c(C#N)cc21. The summed E-state index contributed by atoms with van der Waals surface area (Å²) in [5.74, 6) is 0.457. The average molecular weight is 408 g/mol. The molecule has 2 unspecified atom stereocenters. The third-order valence-corrected chi connectivity index (χ3v) is 5.18. The largest absolute Gasteiger partial charge is 0.492 e. The molecule has 0 aliphatic rings. The molecule has 30 heavy (non-hydrogen) atoms. The van der Waals surface area contributed by atoms with E-state index in [4.69, 9.17) is 9.84 Å². The number of pyridine rings is 2. The Kier molecular flexibility index (Phi) is 5.92. The van der Waals surface area contributed by atoms with Gasteiger partial charge in [0, 0.05) is 30.7 Å². The Hall–Kier alpha value is -3.60. The van der Waals surface area contributed by atoms with Crippen LogP contribution in [0.2, 0.25) is 0 Å². The van der Waals surface area contributed by atoms with E-state index in [1.165, 1.54) is 0 Å². The maximum Gasteiger partial charge on any atom is 0.404 e. The number of hydrogen-bond donors (Lipinski definition) is 2. The Morgan fingerprint density at radius 2 is 2.10 bits per heavy atom. The number of nitriles is 1. The normalized spacial score (nSPS) is 13.0. The highest BCUT2D eigenvalue weighted by Gasteiger charge is 2.16. The molecule has 2 heterocycles. The van der Waals surface area contributed by atoms with Crippen molar-refractivity contribution < 1.29 is 14.6 Å². The molecule has 0 bridgehead atoms. The molecule has 0 radical (unpaired) electrons. The highest BCUT2D eigenvalue weighted by molar-refractivity contribution is 6.07. The smallest absolute Gasteiger partial charge is 0.404 e. The topological polar surface area (TPSA) is 117 Å². The highest BCUT2D eigenvalue weighted by atomic mass is 16.5. The molecule has 1 aromatic carbocycles. The minimum atomic E-state index is -1.06. The van der Waals surface area contributed by atoms with Crippen LogP contribution >= 0.6 is 0 Å². The lowest BCUT2D eigenvalue weighted by Crippen LogP contribution is -2.33. The van der Waals surface area contributed by atoms with Gasteiger partial charge in [-0.1, -0.05) is 6.92 Å². The minimum absolute atomic E-state index is 0.0586. The number of ether oxygens (including phenoxy) is 1. The van der Waals surface area contributed by atoms with Crippen molar-refractivity contribution in [3.63, 3.8) is 0 Å². The van der Waals surface area contributed by atoms with Gasteiger partial charge in [0.15, 0.2) is 0 Å². The van der Waals surface area contributed by atoms with Crippen LogP contribution in [0.1, 0.15) is 31.5 Å². The van der Waals surface area contributed by atoms with E-state index in [0.717, 1.165) is 10.8 Å². The molecule has 3 aromatic rings. The number of fused-ring (bicyclic) bond motifs is 3. The molecule has 1 amide bonds. The van der Waals surface area contributed by atoms with Crippen molar-refractivity contribution in [3.8, 4) is 11.8 Å². The van der Waals surface area contributed by atoms with Gasteiger partial charge in [-0.3, -0.25) is 9.78 Å². The molecule has 0 aliphatic carbocycles. The Balaban J connectivity index is 1.98. The van der Waals surface area contributed by atoms with Crippen LogP contribution in [0.3, 0.4) is 0 Å². The first-order chi connectivity index (χ1) is 14.2. The summed E-state index contributed by atoms with van der Waals surface area (Å²) in [4.78, 5) is 27.8. The number of carbonyl (C=O) groups is 1. The molecule has 3 rings (SSSR count). The van der Waals surface area contributed by atoms with Crippen molar-refractivity contribution in [1.29, 1.82) is 5.26 Å². The Labute approximate surface area is 173 Å². The first-order valence-electron chi connectivity index (χ1n) is 9.67. The van der Waals surface area contributed by atoms with E-state index < -0.39 is 6.09 Å². The quantitative estimate of drug-likeness (QED) is 0.604. The van der Waals surface area contributed by atoms with Crippen LogP contribution in [0, 0.1) is 24.2 Å². The second-order valence-electron chi connectivity index (χ2n) is 7.66. The van der Waals surface area contributed by atoms with Gasteiger partial charge in [-0.05, 0) is 43.7 Å². The van der Waals surface area contributed by atoms with E-state index in [1.54, 1.807) is 49.9 Å². The van der Waals surface area contributed by atoms with Crippen LogP contribution in [-0.2, 0) is 7.05 Å². The summed E-state index contributed by atoms with van der Waals surface area (Å²) in [5, 5.41) is 23.0. The maximum atomic E-state index is 12.9. The molecular weight excluding hydrogens is 384 g/mol. The zero-order valence-electron chi connectivity index (χ0n) is 17.4. The summed E-state index contributed by atoms with van der Waals surface area (Å²) in [7, 11) is 1.69. The number of nitrogens with one attached hydrogen (secondary N) is 1. The molecule has 8 nitrogen and oxygen atoms in total. The molecule has 0 aliphatic heterocycles. The molecule has 0 spiro atoms. The van der Waals surface area contributed by atoms with Gasteiger partial charge in [0.2, 0.25) is 0 Å². The van der Waals surface area contributed by atoms with Crippen molar-refractivity contribution in [3.05, 3.63) is 46.0 Å². The third kappa shape index (κ3) is 4.06. The number of carboxylic acid groups (broad SMARTS) is 1. The van der Waals surface area contributed by atoms with Crippen molar-refractivity contribution in [1.82, 2.24) is 14.9 Å². The number of aryl methyl sites for hydroxylation is 2. The summed E-state index contributed by atoms with van der Waals surface area (Å²) >= 11 is 0. The van der Waals surface area contributed by atoms with Gasteiger partial charge in [-0.25, -0.2) is 4.79 Å². The van der Waals surface area contributed by atoms with Crippen LogP contribution in [-0.4, -0.2) is 33.4 Å². The summed E-state index contributed by atoms with van der Waals surface area (Å²) in [6.07, 6.45) is 1.19. The van der Waals surface area contributed by atoms with Gasteiger partial charge in [0.25, 0.3) is 5.56 Å². The molecular formula is C22H24N4O4. The zero-order valence-corrected chi connectivity index (χ0v) is 17.4. The van der Waals surface area contributed by atoms with Crippen LogP contribution in [0.15, 0.2) is 29.2 Å². The summed E-state index contributed by atoms with van der Waals surface area (Å²) < 4.78 is 7.45. The third-order valence-electron chi connectivity index (χ3n) is 5.18. The van der Waals surface area contributed by atoms with Crippen LogP contribution in [0.25, 0.3) is 21.7 Å². The first kappa shape index (κ1) is 21.1. The number of hydrogen-bond acceptors (Lipinski definition) is 5. The molecule has 0 saturated carbocycles. The number of aromatic nitrogens is 2. The van der Waals surface area contributed by atoms with Crippen molar-refractivity contribution >= 4 is 27.8 Å². The second-order valence-corrected chi connectivity index (χ2v) is 7.66. The van der Waals surface area contributed by atoms with Gasteiger partial charge in [0.05, 0.1) is 28.8 Å². The molecule has 2 N–H and O–H groups in total. The van der Waals surface area contributed by atoms with E-state index in [1.807, 2.05) is 6.92 Å². The van der Waals surface area contributed by atoms with Gasteiger partial charge in [0.1, 0.15) is 11.8 Å².